The van der Waals surface area contributed by atoms with Gasteiger partial charge in [-0.1, -0.05) is 36.3 Å². The molecule has 0 heterocycles. The van der Waals surface area contributed by atoms with Crippen molar-refractivity contribution in [2.24, 2.45) is 11.3 Å². The monoisotopic (exact) mass is 304 g/mol. The van der Waals surface area contributed by atoms with Crippen LogP contribution in [0.3, 0.4) is 0 Å². The molecule has 124 valence electrons. The first kappa shape index (κ1) is 17.5. The van der Waals surface area contributed by atoms with Gasteiger partial charge in [0.1, 0.15) is 0 Å². The van der Waals surface area contributed by atoms with Crippen molar-refractivity contribution in [3.63, 3.8) is 0 Å². The van der Waals surface area contributed by atoms with Crippen molar-refractivity contribution in [2.75, 3.05) is 6.61 Å². The van der Waals surface area contributed by atoms with E-state index in [1.807, 2.05) is 6.92 Å². The van der Waals surface area contributed by atoms with E-state index in [0.717, 1.165) is 50.5 Å². The largest absolute Gasteiger partial charge is 0.392 e. The van der Waals surface area contributed by atoms with E-state index in [4.69, 9.17) is 0 Å². The van der Waals surface area contributed by atoms with Gasteiger partial charge in [0.2, 0.25) is 0 Å². The third kappa shape index (κ3) is 3.72. The zero-order chi connectivity index (χ0) is 16.3. The topological polar surface area (TPSA) is 40.5 Å². The maximum atomic E-state index is 10.9. The summed E-state index contributed by atoms with van der Waals surface area (Å²) in [6.45, 7) is 10.8. The quantitative estimate of drug-likeness (QED) is 0.698. The van der Waals surface area contributed by atoms with Crippen molar-refractivity contribution in [1.82, 2.24) is 0 Å². The van der Waals surface area contributed by atoms with Gasteiger partial charge in [0.15, 0.2) is 0 Å². The summed E-state index contributed by atoms with van der Waals surface area (Å²) in [7, 11) is 0. The van der Waals surface area contributed by atoms with Gasteiger partial charge in [-0.25, -0.2) is 0 Å². The number of allylic oxidation sites excluding steroid dienone is 2. The first-order valence-electron chi connectivity index (χ1n) is 8.67. The smallest absolute Gasteiger partial charge is 0.0647 e. The third-order valence-electron chi connectivity index (χ3n) is 5.83. The Kier molecular flexibility index (Phi) is 5.68. The Hall–Kier alpha value is -0.860. The van der Waals surface area contributed by atoms with E-state index in [0.29, 0.717) is 0 Å². The van der Waals surface area contributed by atoms with E-state index in [9.17, 15) is 10.2 Å². The summed E-state index contributed by atoms with van der Waals surface area (Å²) in [6, 6.07) is 0. The van der Waals surface area contributed by atoms with Crippen LogP contribution in [0.4, 0.5) is 0 Å². The van der Waals surface area contributed by atoms with E-state index in [1.54, 1.807) is 0 Å². The molecule has 2 rings (SSSR count). The molecule has 0 aromatic carbocycles. The van der Waals surface area contributed by atoms with Gasteiger partial charge >= 0.3 is 0 Å². The molecule has 2 nitrogen and oxygen atoms in total. The minimum Gasteiger partial charge on any atom is -0.392 e. The van der Waals surface area contributed by atoms with Crippen molar-refractivity contribution in [3.8, 4) is 0 Å². The van der Waals surface area contributed by atoms with E-state index in [1.165, 1.54) is 16.7 Å². The second-order valence-corrected chi connectivity index (χ2v) is 7.71. The van der Waals surface area contributed by atoms with Crippen LogP contribution in [0, 0.1) is 11.3 Å². The van der Waals surface area contributed by atoms with Gasteiger partial charge in [-0.15, -0.1) is 0 Å². The fraction of sp³-hybridized carbons (Fsp3) is 0.700. The van der Waals surface area contributed by atoms with Crippen molar-refractivity contribution < 1.29 is 10.2 Å². The molecule has 1 fully saturated rings. The molecule has 22 heavy (non-hydrogen) atoms. The van der Waals surface area contributed by atoms with Gasteiger partial charge in [0.25, 0.3) is 0 Å². The number of aliphatic hydroxyl groups excluding tert-OH is 2. The van der Waals surface area contributed by atoms with Gasteiger partial charge in [0, 0.05) is 5.92 Å². The summed E-state index contributed by atoms with van der Waals surface area (Å²) >= 11 is 0. The first-order chi connectivity index (χ1) is 10.4. The van der Waals surface area contributed by atoms with E-state index in [-0.39, 0.29) is 24.0 Å². The van der Waals surface area contributed by atoms with Gasteiger partial charge < -0.3 is 10.2 Å². The Morgan fingerprint density at radius 3 is 2.68 bits per heavy atom. The Balaban J connectivity index is 2.37. The van der Waals surface area contributed by atoms with Crippen LogP contribution < -0.4 is 0 Å². The van der Waals surface area contributed by atoms with Crippen LogP contribution in [0.2, 0.25) is 0 Å². The van der Waals surface area contributed by atoms with Crippen LogP contribution in [0.5, 0.6) is 0 Å². The van der Waals surface area contributed by atoms with Crippen molar-refractivity contribution >= 4 is 0 Å². The molecule has 0 spiro atoms. The number of hydrogen-bond acceptors (Lipinski definition) is 2. The molecule has 0 aromatic rings. The fourth-order valence-electron chi connectivity index (χ4n) is 4.35. The summed E-state index contributed by atoms with van der Waals surface area (Å²) in [5.41, 5.74) is 5.09. The average Bonchev–Trinajstić information content (AvgIpc) is 2.81. The minimum absolute atomic E-state index is 0.107. The van der Waals surface area contributed by atoms with E-state index in [2.05, 4.69) is 26.5 Å². The molecule has 0 saturated heterocycles. The number of aliphatic hydroxyl groups is 2. The Bertz CT molecular complexity index is 486. The first-order valence-corrected chi connectivity index (χ1v) is 8.67. The van der Waals surface area contributed by atoms with E-state index < -0.39 is 0 Å². The maximum absolute atomic E-state index is 10.9. The predicted octanol–water partition coefficient (Wildman–Crippen LogP) is 4.54. The molecule has 3 atom stereocenters. The molecule has 0 bridgehead atoms. The number of hydrogen-bond donors (Lipinski definition) is 2. The van der Waals surface area contributed by atoms with Crippen molar-refractivity contribution in [3.05, 3.63) is 34.9 Å². The van der Waals surface area contributed by atoms with Gasteiger partial charge in [-0.3, -0.25) is 0 Å². The van der Waals surface area contributed by atoms with Crippen LogP contribution in [0.1, 0.15) is 65.7 Å². The molecule has 0 unspecified atom stereocenters. The Labute approximate surface area is 135 Å². The highest BCUT2D eigenvalue weighted by Crippen LogP contribution is 2.53. The minimum atomic E-state index is -0.341. The molecule has 0 aliphatic heterocycles. The standard InChI is InChI=1S/C20H32O2/c1-14-6-5-7-15(2)12-18(22)19-17(16(3)13-21)9-11-20(19,4)10-8-14/h7,18-19,21-22H,1,5-6,8-13H2,2-4H3/b15-7+,17-16-/t18-,19+,20-/m1/s1. The summed E-state index contributed by atoms with van der Waals surface area (Å²) in [5, 5.41) is 20.5. The molecule has 2 aliphatic carbocycles. The maximum Gasteiger partial charge on any atom is 0.0647 e. The summed E-state index contributed by atoms with van der Waals surface area (Å²) in [4.78, 5) is 0. The molecule has 2 N–H and O–H groups in total. The van der Waals surface area contributed by atoms with Gasteiger partial charge in [-0.2, -0.15) is 0 Å². The lowest BCUT2D eigenvalue weighted by molar-refractivity contribution is 0.0573. The van der Waals surface area contributed by atoms with Crippen LogP contribution in [-0.2, 0) is 0 Å². The molecule has 0 aromatic heterocycles. The molecular weight excluding hydrogens is 272 g/mol. The second kappa shape index (κ2) is 7.14. The lowest BCUT2D eigenvalue weighted by Crippen LogP contribution is -2.33. The molecule has 1 saturated carbocycles. The van der Waals surface area contributed by atoms with Crippen LogP contribution >= 0.6 is 0 Å². The third-order valence-corrected chi connectivity index (χ3v) is 5.83. The van der Waals surface area contributed by atoms with Crippen LogP contribution in [0.15, 0.2) is 34.9 Å². The fourth-order valence-corrected chi connectivity index (χ4v) is 4.35. The molecular formula is C20H32O2. The number of fused-ring (bicyclic) bond motifs is 1. The Morgan fingerprint density at radius 1 is 1.32 bits per heavy atom. The summed E-state index contributed by atoms with van der Waals surface area (Å²) in [6.07, 6.45) is 9.03. The average molecular weight is 304 g/mol. The SMILES string of the molecule is C=C1CC/C=C(\C)C[C@@H](O)[C@@H]2/C(=C(/C)CO)CC[C@@]2(C)CC1. The molecule has 0 amide bonds. The highest BCUT2D eigenvalue weighted by Gasteiger charge is 2.45. The zero-order valence-electron chi connectivity index (χ0n) is 14.5. The van der Waals surface area contributed by atoms with E-state index >= 15 is 0 Å². The van der Waals surface area contributed by atoms with Gasteiger partial charge in [-0.05, 0) is 69.8 Å². The van der Waals surface area contributed by atoms with Crippen LogP contribution in [-0.4, -0.2) is 22.9 Å². The highest BCUT2D eigenvalue weighted by molar-refractivity contribution is 5.26. The van der Waals surface area contributed by atoms with Gasteiger partial charge in [0.05, 0.1) is 12.7 Å². The second-order valence-electron chi connectivity index (χ2n) is 7.71. The lowest BCUT2D eigenvalue weighted by atomic mass is 9.70. The highest BCUT2D eigenvalue weighted by atomic mass is 16.3. The predicted molar refractivity (Wildman–Crippen MR) is 92.6 cm³/mol. The molecule has 0 radical (unpaired) electrons. The Morgan fingerprint density at radius 2 is 2.00 bits per heavy atom. The lowest BCUT2D eigenvalue weighted by Gasteiger charge is -2.36. The van der Waals surface area contributed by atoms with Crippen molar-refractivity contribution in [2.45, 2.75) is 71.8 Å². The normalized spacial score (nSPS) is 38.8. The summed E-state index contributed by atoms with van der Waals surface area (Å²) < 4.78 is 0. The molecule has 2 aliphatic rings. The van der Waals surface area contributed by atoms with Crippen molar-refractivity contribution in [1.29, 1.82) is 0 Å². The number of rotatable bonds is 1. The molecule has 2 heteroatoms. The van der Waals surface area contributed by atoms with Crippen LogP contribution in [0.25, 0.3) is 0 Å². The summed E-state index contributed by atoms with van der Waals surface area (Å²) in [5.74, 6) is 0.175. The zero-order valence-corrected chi connectivity index (χ0v) is 14.5.